The van der Waals surface area contributed by atoms with Crippen LogP contribution >= 0.6 is 0 Å². The molecule has 0 aliphatic heterocycles. The Bertz CT molecular complexity index is 432. The lowest BCUT2D eigenvalue weighted by Gasteiger charge is -2.13. The second-order valence-electron chi connectivity index (χ2n) is 4.14. The molecule has 0 aliphatic carbocycles. The average molecular weight is 267 g/mol. The van der Waals surface area contributed by atoms with Gasteiger partial charge in [0.05, 0.1) is 27.8 Å². The van der Waals surface area contributed by atoms with Gasteiger partial charge >= 0.3 is 5.97 Å². The summed E-state index contributed by atoms with van der Waals surface area (Å²) in [5, 5.41) is 3.20. The fourth-order valence-electron chi connectivity index (χ4n) is 1.73. The van der Waals surface area contributed by atoms with Crippen molar-refractivity contribution in [1.29, 1.82) is 0 Å². The summed E-state index contributed by atoms with van der Waals surface area (Å²) >= 11 is 0. The normalized spacial score (nSPS) is 10.1. The predicted octanol–water partition coefficient (Wildman–Crippen LogP) is 1.66. The summed E-state index contributed by atoms with van der Waals surface area (Å²) in [7, 11) is 4.62. The van der Waals surface area contributed by atoms with Crippen molar-refractivity contribution in [2.45, 2.75) is 19.9 Å². The Morgan fingerprint density at radius 1 is 1.16 bits per heavy atom. The molecule has 0 saturated carbocycles. The SMILES string of the molecule is COC(=O)CCNCc1cc(OC)c(OC)cc1C. The van der Waals surface area contributed by atoms with E-state index in [-0.39, 0.29) is 5.97 Å². The molecule has 106 valence electrons. The van der Waals surface area contributed by atoms with Gasteiger partial charge in [0.2, 0.25) is 0 Å². The second-order valence-corrected chi connectivity index (χ2v) is 4.14. The standard InChI is InChI=1S/C14H21NO4/c1-10-7-12(17-2)13(18-3)8-11(10)9-15-6-5-14(16)19-4/h7-8,15H,5-6,9H2,1-4H3. The van der Waals surface area contributed by atoms with Gasteiger partial charge in [0.1, 0.15) is 0 Å². The maximum absolute atomic E-state index is 11.0. The van der Waals surface area contributed by atoms with Crippen molar-refractivity contribution >= 4 is 5.97 Å². The van der Waals surface area contributed by atoms with Gasteiger partial charge in [-0.1, -0.05) is 0 Å². The van der Waals surface area contributed by atoms with Gasteiger partial charge in [-0.25, -0.2) is 0 Å². The molecule has 0 heterocycles. The van der Waals surface area contributed by atoms with Gasteiger partial charge in [0.15, 0.2) is 11.5 Å². The molecule has 0 unspecified atom stereocenters. The van der Waals surface area contributed by atoms with Gasteiger partial charge < -0.3 is 19.5 Å². The van der Waals surface area contributed by atoms with Gasteiger partial charge in [0, 0.05) is 13.1 Å². The number of hydrogen-bond acceptors (Lipinski definition) is 5. The van der Waals surface area contributed by atoms with Gasteiger partial charge in [-0.15, -0.1) is 0 Å². The topological polar surface area (TPSA) is 56.8 Å². The summed E-state index contributed by atoms with van der Waals surface area (Å²) in [5.41, 5.74) is 2.23. The quantitative estimate of drug-likeness (QED) is 0.601. The zero-order valence-electron chi connectivity index (χ0n) is 11.9. The van der Waals surface area contributed by atoms with Gasteiger partial charge in [-0.3, -0.25) is 4.79 Å². The molecule has 0 amide bonds. The Kier molecular flexibility index (Phi) is 6.15. The van der Waals surface area contributed by atoms with Gasteiger partial charge in [-0.05, 0) is 30.2 Å². The number of methoxy groups -OCH3 is 3. The highest BCUT2D eigenvalue weighted by molar-refractivity contribution is 5.69. The smallest absolute Gasteiger partial charge is 0.306 e. The third-order valence-corrected chi connectivity index (χ3v) is 2.89. The van der Waals surface area contributed by atoms with Crippen molar-refractivity contribution in [2.24, 2.45) is 0 Å². The summed E-state index contributed by atoms with van der Waals surface area (Å²) in [5.74, 6) is 1.22. The first kappa shape index (κ1) is 15.3. The van der Waals surface area contributed by atoms with E-state index in [1.807, 2.05) is 19.1 Å². The molecule has 0 radical (unpaired) electrons. The Hall–Kier alpha value is -1.75. The minimum atomic E-state index is -0.212. The van der Waals surface area contributed by atoms with E-state index in [0.717, 1.165) is 16.9 Å². The maximum Gasteiger partial charge on any atom is 0.306 e. The van der Waals surface area contributed by atoms with Crippen molar-refractivity contribution in [3.63, 3.8) is 0 Å². The van der Waals surface area contributed by atoms with Crippen LogP contribution in [0.2, 0.25) is 0 Å². The average Bonchev–Trinajstić information content (AvgIpc) is 2.43. The van der Waals surface area contributed by atoms with Crippen LogP contribution in [0.4, 0.5) is 0 Å². The molecular weight excluding hydrogens is 246 g/mol. The number of carbonyl (C=O) groups excluding carboxylic acids is 1. The number of carbonyl (C=O) groups is 1. The van der Waals surface area contributed by atoms with Gasteiger partial charge in [0.25, 0.3) is 0 Å². The Morgan fingerprint density at radius 3 is 2.37 bits per heavy atom. The highest BCUT2D eigenvalue weighted by Gasteiger charge is 2.08. The molecular formula is C14H21NO4. The fraction of sp³-hybridized carbons (Fsp3) is 0.500. The molecule has 1 rings (SSSR count). The lowest BCUT2D eigenvalue weighted by Crippen LogP contribution is -2.19. The highest BCUT2D eigenvalue weighted by atomic mass is 16.5. The number of benzene rings is 1. The molecule has 5 nitrogen and oxygen atoms in total. The van der Waals surface area contributed by atoms with E-state index in [2.05, 4.69) is 10.1 Å². The lowest BCUT2D eigenvalue weighted by atomic mass is 10.1. The van der Waals surface area contributed by atoms with Crippen LogP contribution in [-0.2, 0) is 16.1 Å². The molecule has 0 saturated heterocycles. The van der Waals surface area contributed by atoms with Crippen molar-refractivity contribution in [2.75, 3.05) is 27.9 Å². The van der Waals surface area contributed by atoms with Crippen molar-refractivity contribution in [3.05, 3.63) is 23.3 Å². The Labute approximate surface area is 113 Å². The first-order valence-corrected chi connectivity index (χ1v) is 6.11. The first-order valence-electron chi connectivity index (χ1n) is 6.11. The minimum absolute atomic E-state index is 0.212. The zero-order chi connectivity index (χ0) is 14.3. The van der Waals surface area contributed by atoms with Crippen LogP contribution in [0.5, 0.6) is 11.5 Å². The summed E-state index contributed by atoms with van der Waals surface area (Å²) < 4.78 is 15.1. The molecule has 0 bridgehead atoms. The largest absolute Gasteiger partial charge is 0.493 e. The number of hydrogen-bond donors (Lipinski definition) is 1. The maximum atomic E-state index is 11.0. The molecule has 0 spiro atoms. The third-order valence-electron chi connectivity index (χ3n) is 2.89. The molecule has 19 heavy (non-hydrogen) atoms. The lowest BCUT2D eigenvalue weighted by molar-refractivity contribution is -0.140. The number of aryl methyl sites for hydroxylation is 1. The molecule has 0 atom stereocenters. The molecule has 5 heteroatoms. The summed E-state index contributed by atoms with van der Waals surface area (Å²) in [6, 6.07) is 3.88. The number of nitrogens with one attached hydrogen (secondary N) is 1. The number of ether oxygens (including phenoxy) is 3. The summed E-state index contributed by atoms with van der Waals surface area (Å²) in [4.78, 5) is 11.0. The van der Waals surface area contributed by atoms with E-state index in [9.17, 15) is 4.79 Å². The van der Waals surface area contributed by atoms with E-state index >= 15 is 0 Å². The predicted molar refractivity (Wildman–Crippen MR) is 72.6 cm³/mol. The van der Waals surface area contributed by atoms with Gasteiger partial charge in [-0.2, -0.15) is 0 Å². The van der Waals surface area contributed by atoms with Crippen molar-refractivity contribution < 1.29 is 19.0 Å². The van der Waals surface area contributed by atoms with Crippen LogP contribution in [0.15, 0.2) is 12.1 Å². The van der Waals surface area contributed by atoms with Crippen LogP contribution in [0.3, 0.4) is 0 Å². The fourth-order valence-corrected chi connectivity index (χ4v) is 1.73. The third kappa shape index (κ3) is 4.44. The Morgan fingerprint density at radius 2 is 1.79 bits per heavy atom. The molecule has 0 fully saturated rings. The van der Waals surface area contributed by atoms with E-state index in [4.69, 9.17) is 9.47 Å². The van der Waals surface area contributed by atoms with Crippen LogP contribution in [0, 0.1) is 6.92 Å². The Balaban J connectivity index is 2.60. The zero-order valence-corrected chi connectivity index (χ0v) is 11.9. The van der Waals surface area contributed by atoms with Crippen LogP contribution in [0.25, 0.3) is 0 Å². The number of rotatable bonds is 7. The van der Waals surface area contributed by atoms with E-state index < -0.39 is 0 Å². The highest BCUT2D eigenvalue weighted by Crippen LogP contribution is 2.30. The molecule has 0 aromatic heterocycles. The minimum Gasteiger partial charge on any atom is -0.493 e. The first-order chi connectivity index (χ1) is 9.12. The molecule has 1 aromatic rings. The summed E-state index contributed by atoms with van der Waals surface area (Å²) in [6.45, 7) is 3.27. The van der Waals surface area contributed by atoms with Crippen LogP contribution in [-0.4, -0.2) is 33.8 Å². The van der Waals surface area contributed by atoms with Crippen molar-refractivity contribution in [3.8, 4) is 11.5 Å². The van der Waals surface area contributed by atoms with E-state index in [1.165, 1.54) is 7.11 Å². The van der Waals surface area contributed by atoms with Crippen LogP contribution in [0.1, 0.15) is 17.5 Å². The molecule has 1 N–H and O–H groups in total. The van der Waals surface area contributed by atoms with E-state index in [0.29, 0.717) is 25.3 Å². The van der Waals surface area contributed by atoms with Crippen LogP contribution < -0.4 is 14.8 Å². The molecule has 1 aromatic carbocycles. The number of esters is 1. The van der Waals surface area contributed by atoms with E-state index in [1.54, 1.807) is 14.2 Å². The van der Waals surface area contributed by atoms with Crippen molar-refractivity contribution in [1.82, 2.24) is 5.32 Å². The monoisotopic (exact) mass is 267 g/mol. The molecule has 0 aliphatic rings. The summed E-state index contributed by atoms with van der Waals surface area (Å²) in [6.07, 6.45) is 0.364. The second kappa shape index (κ2) is 7.63.